The maximum absolute atomic E-state index is 13.2. The number of benzene rings is 2. The standard InChI is InChI=1S/C27H34N4O5/c1-7-30(8-2)23(32)20(16-18-12-10-9-11-13-18)29-25-28-19-14-15-21(17(3)22(19)24(33)36-25)31(26(34)35)27(4,5)6/h9-15,20H,7-8,16H2,1-6H3,(H,28,29)(H,34,35)/t20-/m0/s1. The number of nitrogens with one attached hydrogen (secondary N) is 1. The molecule has 0 spiro atoms. The maximum Gasteiger partial charge on any atom is 0.412 e. The van der Waals surface area contributed by atoms with E-state index >= 15 is 0 Å². The topological polar surface area (TPSA) is 116 Å². The Morgan fingerprint density at radius 3 is 2.28 bits per heavy atom. The van der Waals surface area contributed by atoms with Crippen LogP contribution >= 0.6 is 0 Å². The zero-order valence-corrected chi connectivity index (χ0v) is 21.7. The van der Waals surface area contributed by atoms with E-state index in [1.807, 2.05) is 44.2 Å². The van der Waals surface area contributed by atoms with Crippen LogP contribution < -0.4 is 15.8 Å². The summed E-state index contributed by atoms with van der Waals surface area (Å²) in [6.07, 6.45) is -0.740. The second-order valence-electron chi connectivity index (χ2n) is 9.60. The first-order chi connectivity index (χ1) is 17.0. The summed E-state index contributed by atoms with van der Waals surface area (Å²) in [5, 5.41) is 13.0. The minimum atomic E-state index is -1.13. The van der Waals surface area contributed by atoms with Crippen molar-refractivity contribution < 1.29 is 19.1 Å². The van der Waals surface area contributed by atoms with Gasteiger partial charge in [-0.2, -0.15) is 4.98 Å². The summed E-state index contributed by atoms with van der Waals surface area (Å²) in [6, 6.07) is 12.1. The average Bonchev–Trinajstić information content (AvgIpc) is 2.80. The van der Waals surface area contributed by atoms with Crippen LogP contribution in [0.4, 0.5) is 16.5 Å². The lowest BCUT2D eigenvalue weighted by atomic mass is 10.0. The number of aryl methyl sites for hydroxylation is 1. The normalized spacial score (nSPS) is 12.3. The number of rotatable bonds is 8. The number of carbonyl (C=O) groups excluding carboxylic acids is 1. The van der Waals surface area contributed by atoms with Crippen LogP contribution in [0, 0.1) is 6.92 Å². The molecule has 0 radical (unpaired) electrons. The fourth-order valence-corrected chi connectivity index (χ4v) is 4.32. The second-order valence-corrected chi connectivity index (χ2v) is 9.60. The first kappa shape index (κ1) is 26.7. The monoisotopic (exact) mass is 494 g/mol. The van der Waals surface area contributed by atoms with Gasteiger partial charge in [0.05, 0.1) is 16.6 Å². The zero-order valence-electron chi connectivity index (χ0n) is 21.7. The fourth-order valence-electron chi connectivity index (χ4n) is 4.32. The highest BCUT2D eigenvalue weighted by Crippen LogP contribution is 2.31. The molecule has 1 atom stereocenters. The SMILES string of the molecule is CCN(CC)C(=O)[C@H](Cc1ccccc1)Nc1nc2ccc(N(C(=O)O)C(C)(C)C)c(C)c2c(=O)o1. The highest BCUT2D eigenvalue weighted by molar-refractivity contribution is 5.95. The summed E-state index contributed by atoms with van der Waals surface area (Å²) in [7, 11) is 0. The highest BCUT2D eigenvalue weighted by Gasteiger charge is 2.30. The maximum atomic E-state index is 13.2. The molecule has 0 unspecified atom stereocenters. The number of likely N-dealkylation sites (N-methyl/N-ethyl adjacent to an activating group) is 1. The molecule has 192 valence electrons. The molecule has 0 saturated heterocycles. The average molecular weight is 495 g/mol. The van der Waals surface area contributed by atoms with Gasteiger partial charge in [-0.15, -0.1) is 0 Å². The highest BCUT2D eigenvalue weighted by atomic mass is 16.4. The molecule has 0 fully saturated rings. The van der Waals surface area contributed by atoms with E-state index in [0.29, 0.717) is 36.3 Å². The fraction of sp³-hybridized carbons (Fsp3) is 0.407. The van der Waals surface area contributed by atoms with Crippen LogP contribution in [0.15, 0.2) is 51.7 Å². The minimum absolute atomic E-state index is 0.0630. The number of hydrogen-bond acceptors (Lipinski definition) is 6. The van der Waals surface area contributed by atoms with Crippen molar-refractivity contribution >= 4 is 34.6 Å². The Hall–Kier alpha value is -3.88. The summed E-state index contributed by atoms with van der Waals surface area (Å²) in [5.74, 6) is -0.123. The molecular formula is C27H34N4O5. The molecule has 36 heavy (non-hydrogen) atoms. The molecule has 0 aliphatic carbocycles. The third kappa shape index (κ3) is 5.67. The molecule has 2 amide bonds. The van der Waals surface area contributed by atoms with Crippen molar-refractivity contribution in [1.29, 1.82) is 0 Å². The molecule has 1 aromatic heterocycles. The first-order valence-corrected chi connectivity index (χ1v) is 12.0. The number of fused-ring (bicyclic) bond motifs is 1. The summed E-state index contributed by atoms with van der Waals surface area (Å²) >= 11 is 0. The Morgan fingerprint density at radius 1 is 1.08 bits per heavy atom. The van der Waals surface area contributed by atoms with Gasteiger partial charge in [0.2, 0.25) is 5.91 Å². The van der Waals surface area contributed by atoms with Gasteiger partial charge in [-0.3, -0.25) is 9.69 Å². The summed E-state index contributed by atoms with van der Waals surface area (Å²) in [5.41, 5.74) is 0.760. The van der Waals surface area contributed by atoms with Crippen molar-refractivity contribution in [3.63, 3.8) is 0 Å². The third-order valence-corrected chi connectivity index (χ3v) is 6.09. The van der Waals surface area contributed by atoms with Gasteiger partial charge in [0.1, 0.15) is 6.04 Å². The lowest BCUT2D eigenvalue weighted by Crippen LogP contribution is -2.45. The van der Waals surface area contributed by atoms with Gasteiger partial charge in [0.15, 0.2) is 0 Å². The van der Waals surface area contributed by atoms with E-state index in [2.05, 4.69) is 10.3 Å². The number of aromatic nitrogens is 1. The quantitative estimate of drug-likeness (QED) is 0.467. The molecule has 2 N–H and O–H groups in total. The van der Waals surface area contributed by atoms with E-state index in [1.165, 1.54) is 4.90 Å². The van der Waals surface area contributed by atoms with Gasteiger partial charge in [-0.25, -0.2) is 9.59 Å². The molecule has 0 aliphatic heterocycles. The van der Waals surface area contributed by atoms with Crippen molar-refractivity contribution in [2.45, 2.75) is 59.5 Å². The van der Waals surface area contributed by atoms with E-state index in [4.69, 9.17) is 4.42 Å². The van der Waals surface area contributed by atoms with E-state index in [9.17, 15) is 19.5 Å². The van der Waals surface area contributed by atoms with Gasteiger partial charge in [-0.05, 0) is 64.8 Å². The largest absolute Gasteiger partial charge is 0.465 e. The number of nitrogens with zero attached hydrogens (tertiary/aromatic N) is 3. The number of amides is 2. The van der Waals surface area contributed by atoms with Crippen molar-refractivity contribution in [2.75, 3.05) is 23.3 Å². The van der Waals surface area contributed by atoms with Crippen molar-refractivity contribution in [2.24, 2.45) is 0 Å². The molecule has 3 aromatic rings. The van der Waals surface area contributed by atoms with Crippen LogP contribution in [0.1, 0.15) is 45.7 Å². The van der Waals surface area contributed by atoms with Gasteiger partial charge in [-0.1, -0.05) is 30.3 Å². The number of anilines is 2. The van der Waals surface area contributed by atoms with Crippen molar-refractivity contribution in [3.05, 3.63) is 64.0 Å². The van der Waals surface area contributed by atoms with Crippen molar-refractivity contribution in [1.82, 2.24) is 9.88 Å². The van der Waals surface area contributed by atoms with Crippen LogP contribution in [0.3, 0.4) is 0 Å². The Kier molecular flexibility index (Phi) is 8.02. The Labute approximate surface area is 210 Å². The number of hydrogen-bond donors (Lipinski definition) is 2. The molecule has 3 rings (SSSR count). The Morgan fingerprint density at radius 2 is 1.72 bits per heavy atom. The predicted molar refractivity (Wildman–Crippen MR) is 141 cm³/mol. The van der Waals surface area contributed by atoms with E-state index < -0.39 is 23.3 Å². The summed E-state index contributed by atoms with van der Waals surface area (Å²) < 4.78 is 5.50. The van der Waals surface area contributed by atoms with Gasteiger partial charge in [0.25, 0.3) is 6.01 Å². The molecule has 1 heterocycles. The van der Waals surface area contributed by atoms with Crippen LogP contribution in [0.5, 0.6) is 0 Å². The third-order valence-electron chi connectivity index (χ3n) is 6.09. The Balaban J connectivity index is 2.04. The molecular weight excluding hydrogens is 460 g/mol. The molecule has 2 aromatic carbocycles. The summed E-state index contributed by atoms with van der Waals surface area (Å²) in [4.78, 5) is 45.7. The number of carbonyl (C=O) groups is 2. The van der Waals surface area contributed by atoms with Crippen LogP contribution in [-0.2, 0) is 11.2 Å². The molecule has 9 nitrogen and oxygen atoms in total. The summed E-state index contributed by atoms with van der Waals surface area (Å²) in [6.45, 7) is 11.9. The van der Waals surface area contributed by atoms with E-state index in [0.717, 1.165) is 5.56 Å². The smallest absolute Gasteiger partial charge is 0.412 e. The first-order valence-electron chi connectivity index (χ1n) is 12.0. The van der Waals surface area contributed by atoms with Crippen LogP contribution in [0.2, 0.25) is 0 Å². The minimum Gasteiger partial charge on any atom is -0.465 e. The predicted octanol–water partition coefficient (Wildman–Crippen LogP) is 4.67. The van der Waals surface area contributed by atoms with Gasteiger partial charge >= 0.3 is 11.7 Å². The molecule has 0 aliphatic rings. The van der Waals surface area contributed by atoms with E-state index in [1.54, 1.807) is 44.7 Å². The molecule has 9 heteroatoms. The Bertz CT molecular complexity index is 1290. The van der Waals surface area contributed by atoms with Crippen molar-refractivity contribution in [3.8, 4) is 0 Å². The van der Waals surface area contributed by atoms with Crippen LogP contribution in [0.25, 0.3) is 10.9 Å². The van der Waals surface area contributed by atoms with Crippen LogP contribution in [-0.4, -0.2) is 51.7 Å². The van der Waals surface area contributed by atoms with E-state index in [-0.39, 0.29) is 17.3 Å². The zero-order chi connectivity index (χ0) is 26.6. The lowest BCUT2D eigenvalue weighted by molar-refractivity contribution is -0.131. The van der Waals surface area contributed by atoms with Gasteiger partial charge in [0, 0.05) is 25.0 Å². The molecule has 0 bridgehead atoms. The number of carboxylic acid groups (broad SMARTS) is 1. The van der Waals surface area contributed by atoms with Gasteiger partial charge < -0.3 is 19.7 Å². The lowest BCUT2D eigenvalue weighted by Gasteiger charge is -2.34. The molecule has 0 saturated carbocycles. The second kappa shape index (κ2) is 10.8.